The molecule has 1 rings (SSSR count). The van der Waals surface area contributed by atoms with Gasteiger partial charge in [-0.2, -0.15) is 13.2 Å². The predicted molar refractivity (Wildman–Crippen MR) is 66.2 cm³/mol. The summed E-state index contributed by atoms with van der Waals surface area (Å²) < 4.78 is 38.7. The second-order valence-corrected chi connectivity index (χ2v) is 4.38. The Morgan fingerprint density at radius 1 is 1.28 bits per heavy atom. The molecule has 0 fully saturated rings. The number of nitrogens with zero attached hydrogens (tertiary/aromatic N) is 1. The van der Waals surface area contributed by atoms with Gasteiger partial charge in [-0.3, -0.25) is 4.90 Å². The molecule has 0 saturated carbocycles. The van der Waals surface area contributed by atoms with Crippen molar-refractivity contribution < 1.29 is 13.2 Å². The quantitative estimate of drug-likeness (QED) is 0.881. The van der Waals surface area contributed by atoms with E-state index >= 15 is 0 Å². The summed E-state index contributed by atoms with van der Waals surface area (Å²) in [5, 5.41) is 0. The van der Waals surface area contributed by atoms with E-state index < -0.39 is 11.7 Å². The second-order valence-electron chi connectivity index (χ2n) is 4.38. The lowest BCUT2D eigenvalue weighted by Crippen LogP contribution is -2.27. The van der Waals surface area contributed by atoms with Gasteiger partial charge in [0.05, 0.1) is 5.56 Å². The van der Waals surface area contributed by atoms with E-state index in [1.54, 1.807) is 13.0 Å². The number of benzene rings is 1. The van der Waals surface area contributed by atoms with Crippen LogP contribution in [0.5, 0.6) is 0 Å². The van der Waals surface area contributed by atoms with Crippen molar-refractivity contribution in [1.82, 2.24) is 4.90 Å². The van der Waals surface area contributed by atoms with Crippen LogP contribution in [0.3, 0.4) is 0 Å². The van der Waals surface area contributed by atoms with Crippen molar-refractivity contribution in [1.29, 1.82) is 0 Å². The molecular weight excluding hydrogens is 241 g/mol. The molecule has 5 heteroatoms. The molecule has 2 N–H and O–H groups in total. The van der Waals surface area contributed by atoms with Crippen LogP contribution in [0, 0.1) is 0 Å². The number of rotatable bonds is 5. The van der Waals surface area contributed by atoms with E-state index in [2.05, 4.69) is 0 Å². The van der Waals surface area contributed by atoms with Gasteiger partial charge in [-0.15, -0.1) is 0 Å². The van der Waals surface area contributed by atoms with E-state index in [0.29, 0.717) is 18.7 Å². The van der Waals surface area contributed by atoms with Crippen molar-refractivity contribution in [2.24, 2.45) is 5.73 Å². The van der Waals surface area contributed by atoms with Crippen LogP contribution >= 0.6 is 0 Å². The molecule has 0 bridgehead atoms. The summed E-state index contributed by atoms with van der Waals surface area (Å²) in [6, 6.07) is 5.43. The maximum Gasteiger partial charge on any atom is 0.416 e. The normalized spacial score (nSPS) is 13.9. The van der Waals surface area contributed by atoms with Gasteiger partial charge < -0.3 is 5.73 Å². The molecule has 0 spiro atoms. The van der Waals surface area contributed by atoms with E-state index in [-0.39, 0.29) is 6.04 Å². The Kier molecular flexibility index (Phi) is 5.16. The Morgan fingerprint density at radius 3 is 2.44 bits per heavy atom. The van der Waals surface area contributed by atoms with Crippen LogP contribution < -0.4 is 5.73 Å². The zero-order valence-electron chi connectivity index (χ0n) is 10.7. The fourth-order valence-electron chi connectivity index (χ4n) is 1.89. The van der Waals surface area contributed by atoms with Crippen molar-refractivity contribution in [3.05, 3.63) is 35.4 Å². The molecule has 1 aromatic carbocycles. The molecule has 2 nitrogen and oxygen atoms in total. The molecule has 1 unspecified atom stereocenters. The third kappa shape index (κ3) is 3.71. The Hall–Kier alpha value is -1.07. The molecule has 1 aromatic rings. The smallest absolute Gasteiger partial charge is 0.330 e. The molecule has 0 amide bonds. The van der Waals surface area contributed by atoms with Crippen LogP contribution in [-0.4, -0.2) is 25.0 Å². The average Bonchev–Trinajstić information content (AvgIpc) is 2.34. The Morgan fingerprint density at radius 2 is 1.89 bits per heavy atom. The largest absolute Gasteiger partial charge is 0.416 e. The van der Waals surface area contributed by atoms with Gasteiger partial charge >= 0.3 is 6.18 Å². The lowest BCUT2D eigenvalue weighted by Gasteiger charge is -2.27. The summed E-state index contributed by atoms with van der Waals surface area (Å²) in [5.41, 5.74) is 5.16. The number of alkyl halides is 3. The topological polar surface area (TPSA) is 29.3 Å². The maximum absolute atomic E-state index is 12.9. The van der Waals surface area contributed by atoms with Gasteiger partial charge in [-0.1, -0.05) is 18.2 Å². The van der Waals surface area contributed by atoms with Gasteiger partial charge in [-0.05, 0) is 45.1 Å². The van der Waals surface area contributed by atoms with E-state index in [1.165, 1.54) is 12.1 Å². The molecule has 0 heterocycles. The van der Waals surface area contributed by atoms with Crippen LogP contribution in [0.15, 0.2) is 24.3 Å². The average molecular weight is 260 g/mol. The lowest BCUT2D eigenvalue weighted by atomic mass is 10.00. The summed E-state index contributed by atoms with van der Waals surface area (Å²) in [4.78, 5) is 1.89. The first-order chi connectivity index (χ1) is 8.38. The molecule has 0 aliphatic rings. The lowest BCUT2D eigenvalue weighted by molar-refractivity contribution is -0.138. The summed E-state index contributed by atoms with van der Waals surface area (Å²) in [6.45, 7) is 3.00. The van der Waals surface area contributed by atoms with Crippen molar-refractivity contribution >= 4 is 0 Å². The van der Waals surface area contributed by atoms with Crippen LogP contribution in [0.1, 0.15) is 30.5 Å². The number of hydrogen-bond acceptors (Lipinski definition) is 2. The zero-order chi connectivity index (χ0) is 13.8. The van der Waals surface area contributed by atoms with Crippen LogP contribution in [0.4, 0.5) is 13.2 Å². The van der Waals surface area contributed by atoms with Gasteiger partial charge in [0.1, 0.15) is 0 Å². The highest BCUT2D eigenvalue weighted by Gasteiger charge is 2.34. The van der Waals surface area contributed by atoms with E-state index in [1.807, 2.05) is 11.9 Å². The first-order valence-electron chi connectivity index (χ1n) is 5.94. The van der Waals surface area contributed by atoms with Crippen LogP contribution in [-0.2, 0) is 6.18 Å². The SMILES string of the molecule is CC(c1ccccc1C(F)(F)F)N(C)CCCN. The molecule has 102 valence electrons. The number of nitrogens with two attached hydrogens (primary N) is 1. The molecule has 0 radical (unpaired) electrons. The zero-order valence-corrected chi connectivity index (χ0v) is 10.7. The minimum Gasteiger partial charge on any atom is -0.330 e. The summed E-state index contributed by atoms with van der Waals surface area (Å²) in [6.07, 6.45) is -3.53. The van der Waals surface area contributed by atoms with E-state index in [4.69, 9.17) is 5.73 Å². The minimum absolute atomic E-state index is 0.283. The molecule has 1 atom stereocenters. The second kappa shape index (κ2) is 6.20. The summed E-state index contributed by atoms with van der Waals surface area (Å²) in [7, 11) is 1.81. The van der Waals surface area contributed by atoms with Crippen molar-refractivity contribution in [2.75, 3.05) is 20.1 Å². The molecular formula is C13H19F3N2. The monoisotopic (exact) mass is 260 g/mol. The number of halogens is 3. The standard InChI is InChI=1S/C13H19F3N2/c1-10(18(2)9-5-8-17)11-6-3-4-7-12(11)13(14,15)16/h3-4,6-7,10H,5,8-9,17H2,1-2H3. The van der Waals surface area contributed by atoms with E-state index in [9.17, 15) is 13.2 Å². The third-order valence-corrected chi connectivity index (χ3v) is 3.09. The summed E-state index contributed by atoms with van der Waals surface area (Å²) >= 11 is 0. The van der Waals surface area contributed by atoms with Crippen molar-refractivity contribution in [3.63, 3.8) is 0 Å². The Labute approximate surface area is 106 Å². The molecule has 0 aliphatic carbocycles. The van der Waals surface area contributed by atoms with Gasteiger partial charge in [-0.25, -0.2) is 0 Å². The first kappa shape index (κ1) is 15.0. The highest BCUT2D eigenvalue weighted by atomic mass is 19.4. The fourth-order valence-corrected chi connectivity index (χ4v) is 1.89. The molecule has 0 aliphatic heterocycles. The van der Waals surface area contributed by atoms with Gasteiger partial charge in [0.2, 0.25) is 0 Å². The minimum atomic E-state index is -4.31. The number of hydrogen-bond donors (Lipinski definition) is 1. The Bertz CT molecular complexity index is 377. The summed E-state index contributed by atoms with van der Waals surface area (Å²) in [5.74, 6) is 0. The van der Waals surface area contributed by atoms with Crippen LogP contribution in [0.2, 0.25) is 0 Å². The van der Waals surface area contributed by atoms with E-state index in [0.717, 1.165) is 12.5 Å². The highest BCUT2D eigenvalue weighted by Crippen LogP contribution is 2.35. The fraction of sp³-hybridized carbons (Fsp3) is 0.538. The molecule has 0 aromatic heterocycles. The van der Waals surface area contributed by atoms with Crippen LogP contribution in [0.25, 0.3) is 0 Å². The highest BCUT2D eigenvalue weighted by molar-refractivity contribution is 5.32. The third-order valence-electron chi connectivity index (χ3n) is 3.09. The predicted octanol–water partition coefficient (Wildman–Crippen LogP) is 3.05. The van der Waals surface area contributed by atoms with Crippen molar-refractivity contribution in [3.8, 4) is 0 Å². The first-order valence-corrected chi connectivity index (χ1v) is 5.94. The van der Waals surface area contributed by atoms with Gasteiger partial charge in [0.15, 0.2) is 0 Å². The van der Waals surface area contributed by atoms with Gasteiger partial charge in [0, 0.05) is 6.04 Å². The van der Waals surface area contributed by atoms with Gasteiger partial charge in [0.25, 0.3) is 0 Å². The van der Waals surface area contributed by atoms with Crippen molar-refractivity contribution in [2.45, 2.75) is 25.6 Å². The maximum atomic E-state index is 12.9. The molecule has 0 saturated heterocycles. The molecule has 18 heavy (non-hydrogen) atoms. The Balaban J connectivity index is 2.95.